The van der Waals surface area contributed by atoms with Crippen LogP contribution in [0.25, 0.3) is 11.0 Å². The zero-order valence-corrected chi connectivity index (χ0v) is 20.7. The van der Waals surface area contributed by atoms with Crippen LogP contribution in [0, 0.1) is 13.8 Å². The van der Waals surface area contributed by atoms with E-state index in [1.165, 1.54) is 6.07 Å². The highest BCUT2D eigenvalue weighted by molar-refractivity contribution is 5.99. The molecule has 1 unspecified atom stereocenters. The van der Waals surface area contributed by atoms with E-state index in [0.717, 1.165) is 16.7 Å². The number of aromatic hydroxyl groups is 1. The molecule has 4 aromatic rings. The molecule has 8 nitrogen and oxygen atoms in total. The summed E-state index contributed by atoms with van der Waals surface area (Å²) >= 11 is 0. The molecule has 2 aliphatic rings. The van der Waals surface area contributed by atoms with E-state index < -0.39 is 6.04 Å². The van der Waals surface area contributed by atoms with E-state index >= 15 is 0 Å². The maximum atomic E-state index is 13.9. The highest BCUT2D eigenvalue weighted by Crippen LogP contribution is 2.42. The van der Waals surface area contributed by atoms with Gasteiger partial charge in [0.1, 0.15) is 5.58 Å². The monoisotopic (exact) mass is 499 g/mol. The number of carbonyl (C=O) groups is 1. The molecule has 0 fully saturated rings. The molecule has 188 valence electrons. The van der Waals surface area contributed by atoms with E-state index in [0.29, 0.717) is 34.6 Å². The van der Waals surface area contributed by atoms with Crippen LogP contribution in [0.4, 0.5) is 0 Å². The lowest BCUT2D eigenvalue weighted by Gasteiger charge is -2.26. The average Bonchev–Trinajstić information content (AvgIpc) is 3.45. The van der Waals surface area contributed by atoms with Gasteiger partial charge in [-0.1, -0.05) is 12.1 Å². The molecule has 1 atom stereocenters. The lowest BCUT2D eigenvalue weighted by molar-refractivity contribution is 0.0714. The Kier molecular flexibility index (Phi) is 5.33. The molecule has 1 amide bonds. The second-order valence-electron chi connectivity index (χ2n) is 9.29. The van der Waals surface area contributed by atoms with Crippen molar-refractivity contribution in [2.24, 2.45) is 0 Å². The summed E-state index contributed by atoms with van der Waals surface area (Å²) in [6.45, 7) is 6.38. The summed E-state index contributed by atoms with van der Waals surface area (Å²) in [5.41, 5.74) is 3.76. The number of phenolic OH excluding ortho intramolecular Hbond substituents is 1. The van der Waals surface area contributed by atoms with E-state index in [9.17, 15) is 14.7 Å². The Morgan fingerprint density at radius 2 is 1.78 bits per heavy atom. The summed E-state index contributed by atoms with van der Waals surface area (Å²) in [7, 11) is 0. The van der Waals surface area contributed by atoms with Crippen LogP contribution < -0.4 is 19.6 Å². The van der Waals surface area contributed by atoms with Crippen molar-refractivity contribution in [3.05, 3.63) is 92.3 Å². The molecule has 1 N–H and O–H groups in total. The van der Waals surface area contributed by atoms with Gasteiger partial charge in [0.15, 0.2) is 28.4 Å². The summed E-state index contributed by atoms with van der Waals surface area (Å²) in [6, 6.07) is 13.2. The van der Waals surface area contributed by atoms with E-state index in [4.69, 9.17) is 18.6 Å². The van der Waals surface area contributed by atoms with Crippen molar-refractivity contribution in [2.45, 2.75) is 33.4 Å². The molecule has 0 spiro atoms. The van der Waals surface area contributed by atoms with E-state index in [1.807, 2.05) is 32.9 Å². The number of aryl methyl sites for hydroxylation is 2. The first-order chi connectivity index (χ1) is 17.9. The van der Waals surface area contributed by atoms with Crippen molar-refractivity contribution >= 4 is 16.9 Å². The minimum Gasteiger partial charge on any atom is -0.504 e. The molecule has 8 heteroatoms. The fourth-order valence-electron chi connectivity index (χ4n) is 4.99. The van der Waals surface area contributed by atoms with E-state index in [2.05, 4.69) is 0 Å². The maximum absolute atomic E-state index is 13.9. The molecule has 37 heavy (non-hydrogen) atoms. The number of benzene rings is 3. The van der Waals surface area contributed by atoms with Crippen molar-refractivity contribution in [3.63, 3.8) is 0 Å². The van der Waals surface area contributed by atoms with Crippen LogP contribution >= 0.6 is 0 Å². The van der Waals surface area contributed by atoms with Gasteiger partial charge in [-0.25, -0.2) is 0 Å². The predicted molar refractivity (Wildman–Crippen MR) is 136 cm³/mol. The summed E-state index contributed by atoms with van der Waals surface area (Å²) in [5.74, 6) is 1.14. The first-order valence-corrected chi connectivity index (χ1v) is 12.1. The summed E-state index contributed by atoms with van der Waals surface area (Å²) in [4.78, 5) is 29.3. The molecule has 3 heterocycles. The topological polar surface area (TPSA) is 98.4 Å². The van der Waals surface area contributed by atoms with Crippen LogP contribution in [-0.2, 0) is 6.54 Å². The SMILES string of the molecule is CCOc1cc(C2c3c(oc4cc(C)c(C)cc4c3=O)C(=O)N2Cc2ccc3c(c2)OCO3)ccc1O. The molecular formula is C29H25NO7. The highest BCUT2D eigenvalue weighted by Gasteiger charge is 2.43. The molecule has 2 aliphatic heterocycles. The van der Waals surface area contributed by atoms with Crippen molar-refractivity contribution in [1.82, 2.24) is 4.90 Å². The number of carbonyl (C=O) groups excluding carboxylic acids is 1. The molecule has 0 saturated carbocycles. The number of amides is 1. The molecule has 0 radical (unpaired) electrons. The molecule has 1 aromatic heterocycles. The van der Waals surface area contributed by atoms with Crippen LogP contribution in [0.2, 0.25) is 0 Å². The second-order valence-corrected chi connectivity index (χ2v) is 9.29. The van der Waals surface area contributed by atoms with Gasteiger partial charge in [-0.2, -0.15) is 0 Å². The van der Waals surface area contributed by atoms with Crippen LogP contribution in [-0.4, -0.2) is 29.3 Å². The number of nitrogens with zero attached hydrogens (tertiary/aromatic N) is 1. The summed E-state index contributed by atoms with van der Waals surface area (Å²) < 4.78 is 22.6. The number of hydrogen-bond donors (Lipinski definition) is 1. The van der Waals surface area contributed by atoms with Gasteiger partial charge >= 0.3 is 0 Å². The summed E-state index contributed by atoms with van der Waals surface area (Å²) in [6.07, 6.45) is 0. The fourth-order valence-corrected chi connectivity index (χ4v) is 4.99. The number of hydrogen-bond acceptors (Lipinski definition) is 7. The van der Waals surface area contributed by atoms with Gasteiger partial charge in [0.05, 0.1) is 23.6 Å². The smallest absolute Gasteiger partial charge is 0.291 e. The van der Waals surface area contributed by atoms with Crippen molar-refractivity contribution in [1.29, 1.82) is 0 Å². The van der Waals surface area contributed by atoms with Crippen molar-refractivity contribution in [2.75, 3.05) is 13.4 Å². The lowest BCUT2D eigenvalue weighted by Crippen LogP contribution is -2.29. The summed E-state index contributed by atoms with van der Waals surface area (Å²) in [5, 5.41) is 10.7. The minimum atomic E-state index is -0.741. The Bertz CT molecular complexity index is 1640. The fraction of sp³-hybridized carbons (Fsp3) is 0.241. The normalized spacial score (nSPS) is 15.9. The van der Waals surface area contributed by atoms with Crippen LogP contribution in [0.5, 0.6) is 23.0 Å². The van der Waals surface area contributed by atoms with Crippen LogP contribution in [0.15, 0.2) is 57.7 Å². The number of fused-ring (bicyclic) bond motifs is 3. The largest absolute Gasteiger partial charge is 0.504 e. The second kappa shape index (κ2) is 8.58. The Hall–Kier alpha value is -4.46. The van der Waals surface area contributed by atoms with Gasteiger partial charge in [-0.15, -0.1) is 0 Å². The van der Waals surface area contributed by atoms with Crippen molar-refractivity contribution in [3.8, 4) is 23.0 Å². The third-order valence-corrected chi connectivity index (χ3v) is 6.97. The lowest BCUT2D eigenvalue weighted by atomic mass is 9.97. The molecule has 0 aliphatic carbocycles. The van der Waals surface area contributed by atoms with Gasteiger partial charge in [0.25, 0.3) is 5.91 Å². The van der Waals surface area contributed by atoms with Gasteiger partial charge in [0.2, 0.25) is 12.6 Å². The first-order valence-electron chi connectivity index (χ1n) is 12.1. The van der Waals surface area contributed by atoms with Crippen LogP contribution in [0.3, 0.4) is 0 Å². The predicted octanol–water partition coefficient (Wildman–Crippen LogP) is 4.99. The number of phenols is 1. The number of ether oxygens (including phenoxy) is 3. The zero-order chi connectivity index (χ0) is 25.8. The highest BCUT2D eigenvalue weighted by atomic mass is 16.7. The zero-order valence-electron chi connectivity index (χ0n) is 20.7. The van der Waals surface area contributed by atoms with Crippen molar-refractivity contribution < 1.29 is 28.5 Å². The standard InChI is InChI=1S/C29H25NO7/c1-4-34-23-12-18(6-7-20(23)31)26-25-27(32)19-9-15(2)16(3)10-22(19)37-28(25)29(33)30(26)13-17-5-8-21-24(11-17)36-14-35-21/h5-12,26,31H,4,13-14H2,1-3H3. The van der Waals surface area contributed by atoms with E-state index in [-0.39, 0.29) is 47.5 Å². The number of rotatable bonds is 5. The van der Waals surface area contributed by atoms with Crippen LogP contribution in [0.1, 0.15) is 51.3 Å². The van der Waals surface area contributed by atoms with Gasteiger partial charge < -0.3 is 28.6 Å². The quantitative estimate of drug-likeness (QED) is 0.413. The average molecular weight is 500 g/mol. The molecule has 6 rings (SSSR count). The third kappa shape index (κ3) is 3.67. The maximum Gasteiger partial charge on any atom is 0.291 e. The van der Waals surface area contributed by atoms with Gasteiger partial charge in [0, 0.05) is 6.54 Å². The van der Waals surface area contributed by atoms with Gasteiger partial charge in [-0.3, -0.25) is 9.59 Å². The molecule has 3 aromatic carbocycles. The Morgan fingerprint density at radius 1 is 1.00 bits per heavy atom. The molecule has 0 bridgehead atoms. The minimum absolute atomic E-state index is 0.0193. The van der Waals surface area contributed by atoms with E-state index in [1.54, 1.807) is 35.2 Å². The Morgan fingerprint density at radius 3 is 2.59 bits per heavy atom. The molecular weight excluding hydrogens is 474 g/mol. The third-order valence-electron chi connectivity index (χ3n) is 6.97. The first kappa shape index (κ1) is 23.0. The molecule has 0 saturated heterocycles. The Balaban J connectivity index is 1.54. The van der Waals surface area contributed by atoms with Gasteiger partial charge in [-0.05, 0) is 79.4 Å². The Labute approximate surface area is 212 Å².